The largest absolute Gasteiger partial charge is 0.494 e. The van der Waals surface area contributed by atoms with Gasteiger partial charge in [0.25, 0.3) is 0 Å². The molecule has 0 saturated carbocycles. The molecule has 1 aromatic carbocycles. The van der Waals surface area contributed by atoms with Gasteiger partial charge in [-0.25, -0.2) is 0 Å². The van der Waals surface area contributed by atoms with Crippen LogP contribution in [-0.4, -0.2) is 12.5 Å². The van der Waals surface area contributed by atoms with Crippen LogP contribution in [0.3, 0.4) is 0 Å². The normalized spacial score (nSPS) is 10.3. The van der Waals surface area contributed by atoms with E-state index in [1.807, 2.05) is 13.0 Å². The molecule has 0 N–H and O–H groups in total. The van der Waals surface area contributed by atoms with Crippen molar-refractivity contribution in [3.05, 3.63) is 29.3 Å². The van der Waals surface area contributed by atoms with Crippen LogP contribution in [0.1, 0.15) is 24.5 Å². The summed E-state index contributed by atoms with van der Waals surface area (Å²) in [6, 6.07) is 6.16. The van der Waals surface area contributed by atoms with Gasteiger partial charge < -0.3 is 4.74 Å². The molecule has 84 valence electrons. The molecule has 3 heteroatoms. The molecule has 0 aliphatic rings. The molecule has 15 heavy (non-hydrogen) atoms. The molecule has 0 heterocycles. The van der Waals surface area contributed by atoms with Gasteiger partial charge in [-0.2, -0.15) is 0 Å². The summed E-state index contributed by atoms with van der Waals surface area (Å²) in [5.74, 6) is 2.12. The first-order valence-electron chi connectivity index (χ1n) is 5.17. The third-order valence-corrected chi connectivity index (χ3v) is 2.67. The van der Waals surface area contributed by atoms with Crippen LogP contribution in [0.4, 0.5) is 0 Å². The smallest absolute Gasteiger partial charge is 0.119 e. The molecule has 0 radical (unpaired) electrons. The molecule has 0 atom stereocenters. The second-order valence-electron chi connectivity index (χ2n) is 3.34. The lowest BCUT2D eigenvalue weighted by Crippen LogP contribution is -1.95. The van der Waals surface area contributed by atoms with Crippen LogP contribution < -0.4 is 4.74 Å². The van der Waals surface area contributed by atoms with Gasteiger partial charge >= 0.3 is 0 Å². The molecule has 0 aromatic heterocycles. The number of rotatable bonds is 6. The van der Waals surface area contributed by atoms with Crippen molar-refractivity contribution in [2.24, 2.45) is 0 Å². The first-order chi connectivity index (χ1) is 7.30. The molecule has 0 spiro atoms. The Kier molecular flexibility index (Phi) is 5.89. The van der Waals surface area contributed by atoms with Crippen molar-refractivity contribution in [3.8, 4) is 5.75 Å². The van der Waals surface area contributed by atoms with Crippen molar-refractivity contribution in [3.63, 3.8) is 0 Å². The third-order valence-electron chi connectivity index (χ3n) is 2.09. The van der Waals surface area contributed by atoms with E-state index in [1.165, 1.54) is 5.56 Å². The number of ether oxygens (including phenoxy) is 1. The first-order valence-corrected chi connectivity index (χ1v) is 6.24. The van der Waals surface area contributed by atoms with Crippen LogP contribution in [0.2, 0.25) is 0 Å². The van der Waals surface area contributed by atoms with Crippen LogP contribution in [-0.2, 0) is 12.3 Å². The number of hydrogen-bond donors (Lipinski definition) is 0. The van der Waals surface area contributed by atoms with Gasteiger partial charge in [0.15, 0.2) is 0 Å². The maximum Gasteiger partial charge on any atom is 0.119 e. The van der Waals surface area contributed by atoms with Crippen LogP contribution in [0.25, 0.3) is 0 Å². The lowest BCUT2D eigenvalue weighted by molar-refractivity contribution is 0.339. The standard InChI is InChI=1S/C12H16Cl2O/c1-2-15-12-7-10(4-3-5-13)6-11(8-12)9-14/h6-8H,2-5,9H2,1H3. The fourth-order valence-corrected chi connectivity index (χ4v) is 1.76. The maximum atomic E-state index is 5.82. The molecule has 0 unspecified atom stereocenters. The predicted molar refractivity (Wildman–Crippen MR) is 66.2 cm³/mol. The zero-order chi connectivity index (χ0) is 11.1. The summed E-state index contributed by atoms with van der Waals surface area (Å²) in [5.41, 5.74) is 2.35. The van der Waals surface area contributed by atoms with Gasteiger partial charge in [0.05, 0.1) is 6.61 Å². The molecule has 1 rings (SSSR count). The van der Waals surface area contributed by atoms with E-state index >= 15 is 0 Å². The number of aryl methyl sites for hydroxylation is 1. The predicted octanol–water partition coefficient (Wildman–Crippen LogP) is 4.00. The quantitative estimate of drug-likeness (QED) is 0.690. The number of benzene rings is 1. The molecule has 0 aliphatic heterocycles. The summed E-state index contributed by atoms with van der Waals surface area (Å²) in [5, 5.41) is 0. The Balaban J connectivity index is 2.79. The first kappa shape index (κ1) is 12.7. The molecule has 1 nitrogen and oxygen atoms in total. The van der Waals surface area contributed by atoms with E-state index in [-0.39, 0.29) is 0 Å². The van der Waals surface area contributed by atoms with E-state index in [0.717, 1.165) is 24.2 Å². The highest BCUT2D eigenvalue weighted by molar-refractivity contribution is 6.17. The lowest BCUT2D eigenvalue weighted by Gasteiger charge is -2.08. The Bertz CT molecular complexity index is 300. The van der Waals surface area contributed by atoms with E-state index in [0.29, 0.717) is 18.4 Å². The number of halogens is 2. The fourth-order valence-electron chi connectivity index (χ4n) is 1.47. The summed E-state index contributed by atoms with van der Waals surface area (Å²) >= 11 is 11.5. The minimum Gasteiger partial charge on any atom is -0.494 e. The Labute approximate surface area is 101 Å². The molecule has 0 aliphatic carbocycles. The maximum absolute atomic E-state index is 5.82. The second-order valence-corrected chi connectivity index (χ2v) is 3.99. The van der Waals surface area contributed by atoms with Crippen LogP contribution in [0.5, 0.6) is 5.75 Å². The summed E-state index contributed by atoms with van der Waals surface area (Å²) < 4.78 is 5.48. The number of hydrogen-bond acceptors (Lipinski definition) is 1. The van der Waals surface area contributed by atoms with Crippen molar-refractivity contribution in [2.45, 2.75) is 25.6 Å². The van der Waals surface area contributed by atoms with E-state index < -0.39 is 0 Å². The van der Waals surface area contributed by atoms with Gasteiger partial charge in [-0.1, -0.05) is 6.07 Å². The minimum absolute atomic E-state index is 0.523. The van der Waals surface area contributed by atoms with Crippen molar-refractivity contribution < 1.29 is 4.74 Å². The summed E-state index contributed by atoms with van der Waals surface area (Å²) in [6.07, 6.45) is 1.97. The van der Waals surface area contributed by atoms with Crippen LogP contribution >= 0.6 is 23.2 Å². The van der Waals surface area contributed by atoms with Crippen LogP contribution in [0.15, 0.2) is 18.2 Å². The average molecular weight is 247 g/mol. The second kappa shape index (κ2) is 6.97. The van der Waals surface area contributed by atoms with Crippen molar-refractivity contribution in [2.75, 3.05) is 12.5 Å². The molecular weight excluding hydrogens is 231 g/mol. The Hall–Kier alpha value is -0.400. The lowest BCUT2D eigenvalue weighted by atomic mass is 10.1. The summed E-state index contributed by atoms with van der Waals surface area (Å²) in [7, 11) is 0. The van der Waals surface area contributed by atoms with Gasteiger partial charge in [-0.3, -0.25) is 0 Å². The van der Waals surface area contributed by atoms with E-state index in [4.69, 9.17) is 27.9 Å². The van der Waals surface area contributed by atoms with E-state index in [1.54, 1.807) is 0 Å². The average Bonchev–Trinajstić information content (AvgIpc) is 2.26. The van der Waals surface area contributed by atoms with E-state index in [2.05, 4.69) is 12.1 Å². The SMILES string of the molecule is CCOc1cc(CCl)cc(CCCCl)c1. The fraction of sp³-hybridized carbons (Fsp3) is 0.500. The highest BCUT2D eigenvalue weighted by Gasteiger charge is 2.01. The van der Waals surface area contributed by atoms with Crippen molar-refractivity contribution >= 4 is 23.2 Å². The van der Waals surface area contributed by atoms with Gasteiger partial charge in [0, 0.05) is 11.8 Å². The zero-order valence-electron chi connectivity index (χ0n) is 8.93. The zero-order valence-corrected chi connectivity index (χ0v) is 10.4. The van der Waals surface area contributed by atoms with E-state index in [9.17, 15) is 0 Å². The highest BCUT2D eigenvalue weighted by atomic mass is 35.5. The monoisotopic (exact) mass is 246 g/mol. The van der Waals surface area contributed by atoms with Gasteiger partial charge in [-0.15, -0.1) is 23.2 Å². The summed E-state index contributed by atoms with van der Waals surface area (Å²) in [4.78, 5) is 0. The highest BCUT2D eigenvalue weighted by Crippen LogP contribution is 2.20. The topological polar surface area (TPSA) is 9.23 Å². The molecule has 0 bridgehead atoms. The number of alkyl halides is 2. The molecular formula is C12H16Cl2O. The summed E-state index contributed by atoms with van der Waals surface area (Å²) in [6.45, 7) is 2.66. The molecule has 1 aromatic rings. The van der Waals surface area contributed by atoms with Gasteiger partial charge in [0.1, 0.15) is 5.75 Å². The minimum atomic E-state index is 0.523. The molecule has 0 amide bonds. The molecule has 0 saturated heterocycles. The van der Waals surface area contributed by atoms with Gasteiger partial charge in [-0.05, 0) is 43.0 Å². The third kappa shape index (κ3) is 4.31. The molecule has 0 fully saturated rings. The van der Waals surface area contributed by atoms with Gasteiger partial charge in [0.2, 0.25) is 0 Å². The van der Waals surface area contributed by atoms with Crippen molar-refractivity contribution in [1.29, 1.82) is 0 Å². The Morgan fingerprint density at radius 2 is 1.87 bits per heavy atom. The Morgan fingerprint density at radius 1 is 1.13 bits per heavy atom. The van der Waals surface area contributed by atoms with Crippen molar-refractivity contribution in [1.82, 2.24) is 0 Å². The van der Waals surface area contributed by atoms with Crippen LogP contribution in [0, 0.1) is 0 Å². The Morgan fingerprint density at radius 3 is 2.47 bits per heavy atom.